The lowest BCUT2D eigenvalue weighted by Gasteiger charge is -2.23. The topological polar surface area (TPSA) is 84.1 Å². The number of rotatable bonds is 12. The number of benzene rings is 2. The highest BCUT2D eigenvalue weighted by Gasteiger charge is 2.61. The van der Waals surface area contributed by atoms with Crippen LogP contribution in [0.3, 0.4) is 0 Å². The number of hydrazone groups is 1. The Morgan fingerprint density at radius 3 is 2.31 bits per heavy atom. The molecular weight excluding hydrogens is 593 g/mol. The van der Waals surface area contributed by atoms with Gasteiger partial charge in [-0.05, 0) is 107 Å². The summed E-state index contributed by atoms with van der Waals surface area (Å²) in [5.41, 5.74) is 9.86. The number of hydrazine groups is 1. The van der Waals surface area contributed by atoms with Gasteiger partial charge in [0.25, 0.3) is 0 Å². The van der Waals surface area contributed by atoms with Crippen molar-refractivity contribution >= 4 is 17.1 Å². The fourth-order valence-corrected chi connectivity index (χ4v) is 4.30. The molecule has 1 unspecified atom stereocenters. The predicted octanol–water partition coefficient (Wildman–Crippen LogP) is 9.33. The van der Waals surface area contributed by atoms with Crippen LogP contribution in [0.15, 0.2) is 77.3 Å². The highest BCUT2D eigenvalue weighted by atomic mass is 19.4. The quantitative estimate of drug-likeness (QED) is 0.0704. The van der Waals surface area contributed by atoms with Crippen molar-refractivity contribution in [3.63, 3.8) is 0 Å². The first kappa shape index (κ1) is 37.2. The SMILES string of the molecule is C=C=C(NN)Nc1cc(C)ccc1OC(C)C.CC/C(=N\N(CC)c1ccc(OC(F)(F)C(F)(F)F)cc1)C1=CCC(C)CC1.[HH].[HH]. The first-order chi connectivity index (χ1) is 21.1. The van der Waals surface area contributed by atoms with Crippen molar-refractivity contribution in [2.24, 2.45) is 16.9 Å². The largest absolute Gasteiger partial charge is 0.499 e. The molecule has 0 heterocycles. The first-order valence-corrected chi connectivity index (χ1v) is 14.8. The second kappa shape index (κ2) is 16.9. The molecule has 45 heavy (non-hydrogen) atoms. The standard InChI is InChI=1S/C20H25F5N2O.C13H19N3O.2H2/c1-4-18(15-8-6-14(3)7-9-15)26-27(5-2)16-10-12-17(13-11-16)28-20(24,25)19(21,22)23;1-5-13(16-14)15-11-8-10(4)6-7-12(11)17-9(2)3;;/h8,10-14H,4-7,9H2,1-3H3;6-9,15-16H,1,14H2,2-4H3;2*1H/b26-18+;;;. The molecule has 0 amide bonds. The van der Waals surface area contributed by atoms with Gasteiger partial charge >= 0.3 is 12.3 Å². The van der Waals surface area contributed by atoms with Crippen molar-refractivity contribution in [1.29, 1.82) is 0 Å². The van der Waals surface area contributed by atoms with E-state index in [1.54, 1.807) is 5.01 Å². The van der Waals surface area contributed by atoms with Crippen LogP contribution in [0.5, 0.6) is 11.5 Å². The Morgan fingerprint density at radius 1 is 1.16 bits per heavy atom. The Bertz CT molecular complexity index is 1360. The van der Waals surface area contributed by atoms with E-state index in [0.29, 0.717) is 24.0 Å². The molecule has 0 saturated heterocycles. The van der Waals surface area contributed by atoms with Gasteiger partial charge < -0.3 is 20.2 Å². The second-order valence-electron chi connectivity index (χ2n) is 10.8. The van der Waals surface area contributed by atoms with Gasteiger partial charge in [0.1, 0.15) is 11.5 Å². The number of aryl methyl sites for hydroxylation is 1. The summed E-state index contributed by atoms with van der Waals surface area (Å²) >= 11 is 0. The average Bonchev–Trinajstić information content (AvgIpc) is 2.98. The van der Waals surface area contributed by atoms with E-state index in [4.69, 9.17) is 10.6 Å². The summed E-state index contributed by atoms with van der Waals surface area (Å²) in [5.74, 6) is 6.70. The van der Waals surface area contributed by atoms with Gasteiger partial charge in [-0.3, -0.25) is 5.01 Å². The molecule has 0 radical (unpaired) electrons. The molecule has 4 N–H and O–H groups in total. The number of nitrogens with zero attached hydrogens (tertiary/aromatic N) is 2. The molecule has 12 heteroatoms. The third-order valence-corrected chi connectivity index (χ3v) is 6.71. The van der Waals surface area contributed by atoms with E-state index in [1.165, 1.54) is 17.7 Å². The van der Waals surface area contributed by atoms with E-state index in [0.717, 1.165) is 60.5 Å². The van der Waals surface area contributed by atoms with Crippen LogP contribution in [0.2, 0.25) is 0 Å². The number of hydrogen-bond acceptors (Lipinski definition) is 7. The zero-order valence-corrected chi connectivity index (χ0v) is 26.7. The Hall–Kier alpha value is -4.02. The van der Waals surface area contributed by atoms with Crippen LogP contribution in [0, 0.1) is 12.8 Å². The number of allylic oxidation sites excluding steroid dienone is 2. The van der Waals surface area contributed by atoms with Crippen molar-refractivity contribution < 1.29 is 34.3 Å². The Balaban J connectivity index is 0.000000963. The summed E-state index contributed by atoms with van der Waals surface area (Å²) in [5, 5.41) is 9.46. The summed E-state index contributed by atoms with van der Waals surface area (Å²) in [6.45, 7) is 16.1. The lowest BCUT2D eigenvalue weighted by atomic mass is 9.88. The van der Waals surface area contributed by atoms with Gasteiger partial charge in [0.15, 0.2) is 5.82 Å². The van der Waals surface area contributed by atoms with Crippen molar-refractivity contribution in [2.45, 2.75) is 85.6 Å². The third-order valence-electron chi connectivity index (χ3n) is 6.71. The van der Waals surface area contributed by atoms with E-state index < -0.39 is 18.0 Å². The second-order valence-corrected chi connectivity index (χ2v) is 10.8. The molecule has 0 saturated carbocycles. The van der Waals surface area contributed by atoms with Gasteiger partial charge in [-0.25, -0.2) is 5.84 Å². The molecule has 0 fully saturated rings. The summed E-state index contributed by atoms with van der Waals surface area (Å²) in [7, 11) is 0. The zero-order valence-electron chi connectivity index (χ0n) is 26.7. The van der Waals surface area contributed by atoms with Gasteiger partial charge in [0, 0.05) is 9.40 Å². The number of nitrogens with one attached hydrogen (secondary N) is 2. The lowest BCUT2D eigenvalue weighted by molar-refractivity contribution is -0.360. The molecule has 0 aliphatic heterocycles. The molecule has 0 spiro atoms. The summed E-state index contributed by atoms with van der Waals surface area (Å²) in [6.07, 6.45) is -4.86. The fourth-order valence-electron chi connectivity index (χ4n) is 4.30. The minimum Gasteiger partial charge on any atom is -0.489 e. The molecule has 1 aliphatic rings. The van der Waals surface area contributed by atoms with E-state index in [9.17, 15) is 22.0 Å². The van der Waals surface area contributed by atoms with Crippen molar-refractivity contribution in [3.8, 4) is 11.5 Å². The zero-order chi connectivity index (χ0) is 33.8. The number of hydrogen-bond donors (Lipinski definition) is 3. The number of halogens is 5. The summed E-state index contributed by atoms with van der Waals surface area (Å²) in [4.78, 5) is 0. The van der Waals surface area contributed by atoms with Gasteiger partial charge in [-0.2, -0.15) is 27.1 Å². The molecule has 2 aromatic carbocycles. The number of ether oxygens (including phenoxy) is 2. The van der Waals surface area contributed by atoms with Crippen LogP contribution in [-0.2, 0) is 0 Å². The maximum Gasteiger partial charge on any atom is 0.499 e. The Kier molecular flexibility index (Phi) is 13.9. The molecule has 2 aromatic rings. The summed E-state index contributed by atoms with van der Waals surface area (Å²) < 4.78 is 72.3. The van der Waals surface area contributed by atoms with Gasteiger partial charge in [-0.15, -0.1) is 0 Å². The maximum atomic E-state index is 13.0. The maximum absolute atomic E-state index is 13.0. The normalized spacial score (nSPS) is 15.3. The van der Waals surface area contributed by atoms with Gasteiger partial charge in [0.2, 0.25) is 0 Å². The van der Waals surface area contributed by atoms with E-state index >= 15 is 0 Å². The lowest BCUT2D eigenvalue weighted by Crippen LogP contribution is -2.41. The predicted molar refractivity (Wildman–Crippen MR) is 175 cm³/mol. The third kappa shape index (κ3) is 11.4. The van der Waals surface area contributed by atoms with Crippen LogP contribution in [0.1, 0.15) is 68.7 Å². The molecule has 0 aromatic heterocycles. The molecule has 3 rings (SSSR count). The molecule has 1 aliphatic carbocycles. The minimum absolute atomic E-state index is 0. The molecule has 0 bridgehead atoms. The van der Waals surface area contributed by atoms with Crippen molar-refractivity contribution in [2.75, 3.05) is 16.9 Å². The van der Waals surface area contributed by atoms with Crippen LogP contribution < -0.4 is 31.1 Å². The van der Waals surface area contributed by atoms with E-state index in [2.05, 4.69) is 45.9 Å². The van der Waals surface area contributed by atoms with Crippen LogP contribution >= 0.6 is 0 Å². The van der Waals surface area contributed by atoms with E-state index in [-0.39, 0.29) is 8.96 Å². The molecular formula is C33H48F5N5O2. The fraction of sp³-hybridized carbons (Fsp3) is 0.455. The smallest absolute Gasteiger partial charge is 0.489 e. The summed E-state index contributed by atoms with van der Waals surface area (Å²) in [6, 6.07) is 10.9. The van der Waals surface area contributed by atoms with Crippen LogP contribution in [-0.4, -0.2) is 30.6 Å². The first-order valence-electron chi connectivity index (χ1n) is 14.8. The van der Waals surface area contributed by atoms with Gasteiger partial charge in [-0.1, -0.05) is 38.3 Å². The Morgan fingerprint density at radius 2 is 1.82 bits per heavy atom. The van der Waals surface area contributed by atoms with Gasteiger partial charge in [0.05, 0.1) is 23.2 Å². The number of anilines is 2. The molecule has 252 valence electrons. The van der Waals surface area contributed by atoms with Crippen molar-refractivity contribution in [3.05, 3.63) is 77.8 Å². The molecule has 1 atom stereocenters. The highest BCUT2D eigenvalue weighted by molar-refractivity contribution is 6.00. The molecule has 7 nitrogen and oxygen atoms in total. The Labute approximate surface area is 265 Å². The minimum atomic E-state index is -5.77. The number of nitrogens with two attached hydrogens (primary N) is 1. The average molecular weight is 642 g/mol. The van der Waals surface area contributed by atoms with Crippen LogP contribution in [0.4, 0.5) is 33.3 Å². The number of alkyl halides is 5. The highest BCUT2D eigenvalue weighted by Crippen LogP contribution is 2.37. The van der Waals surface area contributed by atoms with Crippen molar-refractivity contribution in [1.82, 2.24) is 5.43 Å². The van der Waals surface area contributed by atoms with E-state index in [1.807, 2.05) is 52.8 Å². The monoisotopic (exact) mass is 641 g/mol. The van der Waals surface area contributed by atoms with Crippen LogP contribution in [0.25, 0.3) is 0 Å².